The zero-order valence-electron chi connectivity index (χ0n) is 11.0. The molecule has 0 aliphatic carbocycles. The molecule has 1 aromatic heterocycles. The third kappa shape index (κ3) is 3.34. The molecule has 2 aromatic rings. The van der Waals surface area contributed by atoms with E-state index in [2.05, 4.69) is 26.7 Å². The lowest BCUT2D eigenvalue weighted by Crippen LogP contribution is -2.29. The minimum atomic E-state index is -0.499. The summed E-state index contributed by atoms with van der Waals surface area (Å²) in [5.41, 5.74) is 5.29. The van der Waals surface area contributed by atoms with E-state index in [0.29, 0.717) is 21.4 Å². The molecule has 1 heterocycles. The van der Waals surface area contributed by atoms with E-state index in [1.165, 1.54) is 11.6 Å². The second-order valence-corrected chi connectivity index (χ2v) is 4.81. The lowest BCUT2D eigenvalue weighted by molar-refractivity contribution is 0.770. The smallest absolute Gasteiger partial charge is 0.289 e. The van der Waals surface area contributed by atoms with Gasteiger partial charge in [0.2, 0.25) is 5.95 Å². The van der Waals surface area contributed by atoms with E-state index in [9.17, 15) is 4.79 Å². The van der Waals surface area contributed by atoms with Gasteiger partial charge in [0.25, 0.3) is 0 Å². The first-order chi connectivity index (χ1) is 10.0. The van der Waals surface area contributed by atoms with Crippen LogP contribution in [0.1, 0.15) is 0 Å². The van der Waals surface area contributed by atoms with Crippen LogP contribution in [0.25, 0.3) is 11.4 Å². The molecule has 1 aromatic carbocycles. The van der Waals surface area contributed by atoms with E-state index < -0.39 is 5.69 Å². The molecule has 21 heavy (non-hydrogen) atoms. The van der Waals surface area contributed by atoms with E-state index in [0.717, 1.165) is 0 Å². The quantitative estimate of drug-likeness (QED) is 0.509. The SMILES string of the molecule is C#CCNNc1nc(-c2c(Cl)cccc2Cl)n(C)c(=O)n1. The van der Waals surface area contributed by atoms with Crippen molar-refractivity contribution in [2.75, 3.05) is 12.0 Å². The van der Waals surface area contributed by atoms with Crippen molar-refractivity contribution in [3.63, 3.8) is 0 Å². The number of aromatic nitrogens is 3. The molecule has 0 fully saturated rings. The number of nitrogens with one attached hydrogen (secondary N) is 2. The van der Waals surface area contributed by atoms with E-state index in [-0.39, 0.29) is 12.5 Å². The van der Waals surface area contributed by atoms with E-state index in [4.69, 9.17) is 29.6 Å². The van der Waals surface area contributed by atoms with E-state index in [1.54, 1.807) is 18.2 Å². The number of nitrogens with zero attached hydrogens (tertiary/aromatic N) is 3. The minimum absolute atomic E-state index is 0.0827. The summed E-state index contributed by atoms with van der Waals surface area (Å²) < 4.78 is 1.26. The van der Waals surface area contributed by atoms with Crippen molar-refractivity contribution in [3.8, 4) is 23.7 Å². The molecule has 0 saturated heterocycles. The number of rotatable bonds is 4. The maximum atomic E-state index is 11.9. The molecule has 0 aliphatic heterocycles. The highest BCUT2D eigenvalue weighted by molar-refractivity contribution is 6.38. The second-order valence-electron chi connectivity index (χ2n) is 3.99. The zero-order chi connectivity index (χ0) is 15.4. The van der Waals surface area contributed by atoms with Gasteiger partial charge in [-0.15, -0.1) is 6.42 Å². The highest BCUT2D eigenvalue weighted by Crippen LogP contribution is 2.32. The Labute approximate surface area is 131 Å². The Balaban J connectivity index is 2.53. The van der Waals surface area contributed by atoms with Gasteiger partial charge in [-0.1, -0.05) is 35.2 Å². The molecule has 0 aliphatic rings. The van der Waals surface area contributed by atoms with Gasteiger partial charge in [0, 0.05) is 7.05 Å². The Bertz CT molecular complexity index is 746. The number of terminal acetylenes is 1. The normalized spacial score (nSPS) is 10.2. The van der Waals surface area contributed by atoms with Crippen LogP contribution < -0.4 is 16.5 Å². The summed E-state index contributed by atoms with van der Waals surface area (Å²) in [5.74, 6) is 2.76. The molecule has 2 N–H and O–H groups in total. The molecule has 0 unspecified atom stereocenters. The number of benzene rings is 1. The van der Waals surface area contributed by atoms with Crippen LogP contribution >= 0.6 is 23.2 Å². The molecule has 6 nitrogen and oxygen atoms in total. The molecule has 0 saturated carbocycles. The Morgan fingerprint density at radius 1 is 1.33 bits per heavy atom. The molecule has 2 rings (SSSR count). The maximum Gasteiger partial charge on any atom is 0.352 e. The summed E-state index contributed by atoms with van der Waals surface area (Å²) in [4.78, 5) is 19.9. The van der Waals surface area contributed by atoms with Gasteiger partial charge in [0.05, 0.1) is 22.2 Å². The Kier molecular flexibility index (Phi) is 4.81. The van der Waals surface area contributed by atoms with Gasteiger partial charge >= 0.3 is 5.69 Å². The summed E-state index contributed by atoms with van der Waals surface area (Å²) >= 11 is 12.3. The fraction of sp³-hybridized carbons (Fsp3) is 0.154. The van der Waals surface area contributed by atoms with Gasteiger partial charge < -0.3 is 0 Å². The number of halogens is 2. The van der Waals surface area contributed by atoms with Crippen LogP contribution in [0.3, 0.4) is 0 Å². The number of hydrazine groups is 1. The third-order valence-corrected chi connectivity index (χ3v) is 3.22. The summed E-state index contributed by atoms with van der Waals surface area (Å²) in [5, 5.41) is 0.775. The van der Waals surface area contributed by atoms with Crippen LogP contribution in [0.15, 0.2) is 23.0 Å². The molecule has 8 heteroatoms. The standard InChI is InChI=1S/C13H11Cl2N5O/c1-3-7-16-19-12-17-11(20(2)13(21)18-12)10-8(14)5-4-6-9(10)15/h1,4-6,16H,7H2,2H3,(H,18,19,21). The minimum Gasteiger partial charge on any atom is -0.289 e. The van der Waals surface area contributed by atoms with E-state index >= 15 is 0 Å². The third-order valence-electron chi connectivity index (χ3n) is 2.59. The first-order valence-electron chi connectivity index (χ1n) is 5.86. The molecule has 0 atom stereocenters. The van der Waals surface area contributed by atoms with Crippen molar-refractivity contribution in [2.45, 2.75) is 0 Å². The average Bonchev–Trinajstić information content (AvgIpc) is 2.44. The monoisotopic (exact) mass is 323 g/mol. The van der Waals surface area contributed by atoms with Crippen molar-refractivity contribution in [1.29, 1.82) is 0 Å². The average molecular weight is 324 g/mol. The lowest BCUT2D eigenvalue weighted by atomic mass is 10.2. The molecule has 0 bridgehead atoms. The molecule has 0 amide bonds. The Morgan fingerprint density at radius 3 is 2.62 bits per heavy atom. The number of hydrogen-bond acceptors (Lipinski definition) is 5. The van der Waals surface area contributed by atoms with Crippen LogP contribution in [0.4, 0.5) is 5.95 Å². The van der Waals surface area contributed by atoms with Gasteiger partial charge in [-0.2, -0.15) is 9.97 Å². The maximum absolute atomic E-state index is 11.9. The Morgan fingerprint density at radius 2 is 2.00 bits per heavy atom. The highest BCUT2D eigenvalue weighted by atomic mass is 35.5. The van der Waals surface area contributed by atoms with Gasteiger partial charge in [0.1, 0.15) is 0 Å². The van der Waals surface area contributed by atoms with Gasteiger partial charge in [-0.3, -0.25) is 9.99 Å². The molecule has 0 radical (unpaired) electrons. The van der Waals surface area contributed by atoms with Gasteiger partial charge in [-0.05, 0) is 12.1 Å². The summed E-state index contributed by atoms with van der Waals surface area (Å²) in [6.45, 7) is 0.251. The molecule has 108 valence electrons. The molecule has 0 spiro atoms. The Hall–Kier alpha value is -2.07. The van der Waals surface area contributed by atoms with Crippen molar-refractivity contribution in [1.82, 2.24) is 20.0 Å². The predicted molar refractivity (Wildman–Crippen MR) is 83.2 cm³/mol. The second kappa shape index (κ2) is 6.59. The lowest BCUT2D eigenvalue weighted by Gasteiger charge is -2.12. The fourth-order valence-electron chi connectivity index (χ4n) is 1.62. The first kappa shape index (κ1) is 15.3. The number of hydrogen-bond donors (Lipinski definition) is 2. The van der Waals surface area contributed by atoms with Crippen molar-refractivity contribution < 1.29 is 0 Å². The highest BCUT2D eigenvalue weighted by Gasteiger charge is 2.15. The predicted octanol–water partition coefficient (Wildman–Crippen LogP) is 1.70. The van der Waals surface area contributed by atoms with Crippen LogP contribution in [-0.2, 0) is 7.05 Å². The van der Waals surface area contributed by atoms with Crippen LogP contribution in [0.2, 0.25) is 10.0 Å². The summed E-state index contributed by atoms with van der Waals surface area (Å²) in [6.07, 6.45) is 5.11. The topological polar surface area (TPSA) is 71.8 Å². The van der Waals surface area contributed by atoms with Crippen molar-refractivity contribution >= 4 is 29.2 Å². The molecular weight excluding hydrogens is 313 g/mol. The van der Waals surface area contributed by atoms with E-state index in [1.807, 2.05) is 0 Å². The first-order valence-corrected chi connectivity index (χ1v) is 6.62. The van der Waals surface area contributed by atoms with Crippen LogP contribution in [0.5, 0.6) is 0 Å². The van der Waals surface area contributed by atoms with Crippen molar-refractivity contribution in [2.24, 2.45) is 7.05 Å². The fourth-order valence-corrected chi connectivity index (χ4v) is 2.19. The largest absolute Gasteiger partial charge is 0.352 e. The summed E-state index contributed by atoms with van der Waals surface area (Å²) in [7, 11) is 1.54. The van der Waals surface area contributed by atoms with Crippen LogP contribution in [0, 0.1) is 12.3 Å². The summed E-state index contributed by atoms with van der Waals surface area (Å²) in [6, 6.07) is 5.04. The van der Waals surface area contributed by atoms with Crippen molar-refractivity contribution in [3.05, 3.63) is 38.7 Å². The molecular formula is C13H11Cl2N5O. The zero-order valence-corrected chi connectivity index (χ0v) is 12.5. The van der Waals surface area contributed by atoms with Gasteiger partial charge in [-0.25, -0.2) is 10.2 Å². The van der Waals surface area contributed by atoms with Crippen LogP contribution in [-0.4, -0.2) is 21.1 Å². The number of anilines is 1. The van der Waals surface area contributed by atoms with Gasteiger partial charge in [0.15, 0.2) is 5.82 Å².